The summed E-state index contributed by atoms with van der Waals surface area (Å²) < 4.78 is 0. The largest absolute Gasteiger partial charge is 0.388 e. The smallest absolute Gasteiger partial charge is 0.256 e. The van der Waals surface area contributed by atoms with Gasteiger partial charge in [-0.25, -0.2) is 0 Å². The Balaban J connectivity index is 1.81. The average molecular weight is 373 g/mol. The molecule has 1 N–H and O–H groups in total. The molecule has 2 heterocycles. The van der Waals surface area contributed by atoms with Crippen LogP contribution in [0.3, 0.4) is 0 Å². The van der Waals surface area contributed by atoms with Gasteiger partial charge in [-0.1, -0.05) is 20.8 Å². The molecule has 0 radical (unpaired) electrons. The second kappa shape index (κ2) is 8.96. The number of nitrogens with zero attached hydrogens (tertiary/aromatic N) is 3. The van der Waals surface area contributed by atoms with Crippen LogP contribution in [0, 0.1) is 11.8 Å². The lowest BCUT2D eigenvalue weighted by atomic mass is 9.91. The predicted octanol–water partition coefficient (Wildman–Crippen LogP) is 3.38. The molecule has 1 aromatic rings. The van der Waals surface area contributed by atoms with Gasteiger partial charge in [-0.3, -0.25) is 9.69 Å². The number of hydrogen-bond donors (Lipinski definition) is 1. The van der Waals surface area contributed by atoms with E-state index in [1.807, 2.05) is 24.1 Å². The van der Waals surface area contributed by atoms with E-state index in [0.29, 0.717) is 11.8 Å². The van der Waals surface area contributed by atoms with Crippen LogP contribution >= 0.6 is 0 Å². The van der Waals surface area contributed by atoms with E-state index in [0.717, 1.165) is 62.8 Å². The lowest BCUT2D eigenvalue weighted by molar-refractivity contribution is 0.0638. The SMILES string of the molecule is CCCN1CCN(C(=O)c2ccc(NC)cc2N2CC(C)CC(C)C2)CC1. The number of piperazine rings is 1. The van der Waals surface area contributed by atoms with Crippen LogP contribution in [0.2, 0.25) is 0 Å². The van der Waals surface area contributed by atoms with Gasteiger partial charge in [-0.05, 0) is 49.4 Å². The van der Waals surface area contributed by atoms with Crippen molar-refractivity contribution >= 4 is 17.3 Å². The summed E-state index contributed by atoms with van der Waals surface area (Å²) in [4.78, 5) is 20.3. The zero-order valence-electron chi connectivity index (χ0n) is 17.5. The Morgan fingerprint density at radius 3 is 2.37 bits per heavy atom. The Labute approximate surface area is 164 Å². The molecule has 2 aliphatic rings. The lowest BCUT2D eigenvalue weighted by Gasteiger charge is -2.39. The van der Waals surface area contributed by atoms with Crippen molar-refractivity contribution in [2.75, 3.05) is 63.1 Å². The number of nitrogens with one attached hydrogen (secondary N) is 1. The van der Waals surface area contributed by atoms with Crippen molar-refractivity contribution in [1.29, 1.82) is 0 Å². The first kappa shape index (κ1) is 20.0. The highest BCUT2D eigenvalue weighted by Crippen LogP contribution is 2.32. The highest BCUT2D eigenvalue weighted by atomic mass is 16.2. The number of carbonyl (C=O) groups is 1. The highest BCUT2D eigenvalue weighted by molar-refractivity contribution is 6.00. The number of piperidine rings is 1. The van der Waals surface area contributed by atoms with Gasteiger partial charge in [-0.15, -0.1) is 0 Å². The molecule has 2 unspecified atom stereocenters. The van der Waals surface area contributed by atoms with Gasteiger partial charge < -0.3 is 15.1 Å². The molecule has 2 fully saturated rings. The van der Waals surface area contributed by atoms with E-state index in [4.69, 9.17) is 0 Å². The predicted molar refractivity (Wildman–Crippen MR) is 114 cm³/mol. The first-order valence-electron chi connectivity index (χ1n) is 10.6. The van der Waals surface area contributed by atoms with E-state index >= 15 is 0 Å². The van der Waals surface area contributed by atoms with Crippen molar-refractivity contribution in [3.8, 4) is 0 Å². The molecular formula is C22H36N4O. The van der Waals surface area contributed by atoms with Gasteiger partial charge in [0, 0.05) is 52.0 Å². The quantitative estimate of drug-likeness (QED) is 0.860. The Kier molecular flexibility index (Phi) is 6.64. The van der Waals surface area contributed by atoms with E-state index in [1.165, 1.54) is 12.8 Å². The third kappa shape index (κ3) is 4.75. The molecule has 1 aromatic carbocycles. The zero-order chi connectivity index (χ0) is 19.4. The van der Waals surface area contributed by atoms with E-state index in [2.05, 4.69) is 42.0 Å². The van der Waals surface area contributed by atoms with E-state index in [9.17, 15) is 4.79 Å². The summed E-state index contributed by atoms with van der Waals surface area (Å²) in [6, 6.07) is 6.21. The fourth-order valence-electron chi connectivity index (χ4n) is 4.65. The van der Waals surface area contributed by atoms with Crippen LogP contribution in [0.5, 0.6) is 0 Å². The fraction of sp³-hybridized carbons (Fsp3) is 0.682. The van der Waals surface area contributed by atoms with Crippen LogP contribution < -0.4 is 10.2 Å². The molecule has 2 aliphatic heterocycles. The van der Waals surface area contributed by atoms with Crippen molar-refractivity contribution in [3.63, 3.8) is 0 Å². The second-order valence-corrected chi connectivity index (χ2v) is 8.47. The lowest BCUT2D eigenvalue weighted by Crippen LogP contribution is -2.49. The van der Waals surface area contributed by atoms with Crippen molar-refractivity contribution in [3.05, 3.63) is 23.8 Å². The average Bonchev–Trinajstić information content (AvgIpc) is 2.67. The number of benzene rings is 1. The number of rotatable bonds is 5. The maximum absolute atomic E-state index is 13.4. The third-order valence-corrected chi connectivity index (χ3v) is 5.93. The van der Waals surface area contributed by atoms with Crippen LogP contribution in [-0.4, -0.2) is 68.6 Å². The minimum absolute atomic E-state index is 0.190. The molecule has 2 atom stereocenters. The molecular weight excluding hydrogens is 336 g/mol. The summed E-state index contributed by atoms with van der Waals surface area (Å²) in [6.45, 7) is 13.7. The van der Waals surface area contributed by atoms with Crippen molar-refractivity contribution in [1.82, 2.24) is 9.80 Å². The molecule has 5 heteroatoms. The molecule has 0 saturated carbocycles. The maximum atomic E-state index is 13.4. The molecule has 1 amide bonds. The first-order valence-corrected chi connectivity index (χ1v) is 10.6. The summed E-state index contributed by atoms with van der Waals surface area (Å²) in [5, 5.41) is 3.24. The van der Waals surface area contributed by atoms with E-state index in [1.54, 1.807) is 0 Å². The number of anilines is 2. The van der Waals surface area contributed by atoms with Gasteiger partial charge in [0.25, 0.3) is 5.91 Å². The van der Waals surface area contributed by atoms with Crippen molar-refractivity contribution in [2.24, 2.45) is 11.8 Å². The standard InChI is InChI=1S/C22H36N4O/c1-5-8-24-9-11-25(12-10-24)22(27)20-7-6-19(23-4)14-21(20)26-15-17(2)13-18(3)16-26/h6-7,14,17-18,23H,5,8-13,15-16H2,1-4H3. The Morgan fingerprint density at radius 1 is 1.11 bits per heavy atom. The Morgan fingerprint density at radius 2 is 1.78 bits per heavy atom. The number of amides is 1. The van der Waals surface area contributed by atoms with Crippen LogP contribution in [-0.2, 0) is 0 Å². The Bertz CT molecular complexity index is 629. The monoisotopic (exact) mass is 372 g/mol. The van der Waals surface area contributed by atoms with Gasteiger partial charge in [0.15, 0.2) is 0 Å². The number of hydrogen-bond acceptors (Lipinski definition) is 4. The zero-order valence-corrected chi connectivity index (χ0v) is 17.5. The summed E-state index contributed by atoms with van der Waals surface area (Å²) in [6.07, 6.45) is 2.44. The van der Waals surface area contributed by atoms with E-state index < -0.39 is 0 Å². The molecule has 2 saturated heterocycles. The molecule has 27 heavy (non-hydrogen) atoms. The van der Waals surface area contributed by atoms with Crippen molar-refractivity contribution in [2.45, 2.75) is 33.6 Å². The molecule has 0 aliphatic carbocycles. The van der Waals surface area contributed by atoms with E-state index in [-0.39, 0.29) is 5.91 Å². The third-order valence-electron chi connectivity index (χ3n) is 5.93. The highest BCUT2D eigenvalue weighted by Gasteiger charge is 2.28. The first-order chi connectivity index (χ1) is 13.0. The molecule has 150 valence electrons. The van der Waals surface area contributed by atoms with Gasteiger partial charge in [0.1, 0.15) is 0 Å². The van der Waals surface area contributed by atoms with Gasteiger partial charge in [0.05, 0.1) is 11.3 Å². The van der Waals surface area contributed by atoms with Gasteiger partial charge in [0.2, 0.25) is 0 Å². The van der Waals surface area contributed by atoms with Gasteiger partial charge >= 0.3 is 0 Å². The topological polar surface area (TPSA) is 38.8 Å². The summed E-state index contributed by atoms with van der Waals surface area (Å²) in [5.74, 6) is 1.51. The normalized spacial score (nSPS) is 24.1. The summed E-state index contributed by atoms with van der Waals surface area (Å²) in [5.41, 5.74) is 3.03. The van der Waals surface area contributed by atoms with Crippen LogP contribution in [0.1, 0.15) is 44.0 Å². The number of carbonyl (C=O) groups excluding carboxylic acids is 1. The molecule has 0 aromatic heterocycles. The maximum Gasteiger partial charge on any atom is 0.256 e. The molecule has 0 spiro atoms. The van der Waals surface area contributed by atoms with Crippen molar-refractivity contribution < 1.29 is 4.79 Å². The fourth-order valence-corrected chi connectivity index (χ4v) is 4.65. The summed E-state index contributed by atoms with van der Waals surface area (Å²) >= 11 is 0. The van der Waals surface area contributed by atoms with Crippen LogP contribution in [0.4, 0.5) is 11.4 Å². The molecule has 5 nitrogen and oxygen atoms in total. The molecule has 0 bridgehead atoms. The molecule has 3 rings (SSSR count). The van der Waals surface area contributed by atoms with Gasteiger partial charge in [-0.2, -0.15) is 0 Å². The second-order valence-electron chi connectivity index (χ2n) is 8.47. The minimum atomic E-state index is 0.190. The Hall–Kier alpha value is -1.75. The summed E-state index contributed by atoms with van der Waals surface area (Å²) in [7, 11) is 1.94. The van der Waals surface area contributed by atoms with Crippen LogP contribution in [0.15, 0.2) is 18.2 Å². The van der Waals surface area contributed by atoms with Crippen LogP contribution in [0.25, 0.3) is 0 Å². The minimum Gasteiger partial charge on any atom is -0.388 e.